The number of nitrogens with zero attached hydrogens (tertiary/aromatic N) is 3. The lowest BCUT2D eigenvalue weighted by atomic mass is 10.1. The minimum Gasteiger partial charge on any atom is -0.410 e. The van der Waals surface area contributed by atoms with E-state index in [2.05, 4.69) is 5.16 Å². The van der Waals surface area contributed by atoms with Crippen LogP contribution in [0.2, 0.25) is 0 Å². The third kappa shape index (κ3) is 3.97. The first-order valence-corrected chi connectivity index (χ1v) is 6.40. The Bertz CT molecular complexity index is 780. The summed E-state index contributed by atoms with van der Waals surface area (Å²) in [5.41, 5.74) is 1.30. The molecule has 0 saturated carbocycles. The molecule has 0 aliphatic heterocycles. The molecule has 0 unspecified atom stereocenters. The lowest BCUT2D eigenvalue weighted by molar-refractivity contribution is -0.385. The summed E-state index contributed by atoms with van der Waals surface area (Å²) < 4.78 is 0. The second kappa shape index (κ2) is 6.94. The second-order valence-electron chi connectivity index (χ2n) is 4.47. The van der Waals surface area contributed by atoms with E-state index in [4.69, 9.17) is 5.21 Å². The van der Waals surface area contributed by atoms with Gasteiger partial charge in [-0.25, -0.2) is 0 Å². The van der Waals surface area contributed by atoms with Crippen molar-refractivity contribution in [2.45, 2.75) is 0 Å². The molecule has 0 saturated heterocycles. The summed E-state index contributed by atoms with van der Waals surface area (Å²) in [7, 11) is 0. The molecule has 2 rings (SSSR count). The van der Waals surface area contributed by atoms with Gasteiger partial charge in [0.05, 0.1) is 9.85 Å². The SMILES string of the molecule is O=[N+]([O-])c1ccc(/C=C/C(=N\O)c2ccc([N+](=O)[O-])cc2)cc1. The van der Waals surface area contributed by atoms with Crippen molar-refractivity contribution in [3.05, 3.63) is 86.0 Å². The van der Waals surface area contributed by atoms with Crippen molar-refractivity contribution in [2.24, 2.45) is 5.16 Å². The predicted octanol–water partition coefficient (Wildman–Crippen LogP) is 3.39. The Labute approximate surface area is 130 Å². The van der Waals surface area contributed by atoms with E-state index in [1.807, 2.05) is 0 Å². The van der Waals surface area contributed by atoms with Gasteiger partial charge in [0, 0.05) is 29.8 Å². The third-order valence-electron chi connectivity index (χ3n) is 3.02. The number of oxime groups is 1. The smallest absolute Gasteiger partial charge is 0.269 e. The van der Waals surface area contributed by atoms with Crippen molar-refractivity contribution in [3.8, 4) is 0 Å². The Hall–Kier alpha value is -3.55. The van der Waals surface area contributed by atoms with Crippen molar-refractivity contribution in [1.82, 2.24) is 0 Å². The average Bonchev–Trinajstić information content (AvgIpc) is 2.56. The van der Waals surface area contributed by atoms with Crippen LogP contribution in [0.25, 0.3) is 6.08 Å². The molecule has 0 aliphatic rings. The van der Waals surface area contributed by atoms with Gasteiger partial charge in [-0.2, -0.15) is 0 Å². The van der Waals surface area contributed by atoms with Gasteiger partial charge in [0.25, 0.3) is 11.4 Å². The van der Waals surface area contributed by atoms with Crippen molar-refractivity contribution in [2.75, 3.05) is 0 Å². The van der Waals surface area contributed by atoms with E-state index in [0.717, 1.165) is 0 Å². The van der Waals surface area contributed by atoms with Gasteiger partial charge in [-0.3, -0.25) is 20.2 Å². The van der Waals surface area contributed by atoms with E-state index >= 15 is 0 Å². The maximum Gasteiger partial charge on any atom is 0.269 e. The number of hydrogen-bond donors (Lipinski definition) is 1. The fraction of sp³-hybridized carbons (Fsp3) is 0. The number of hydrogen-bond acceptors (Lipinski definition) is 6. The lowest BCUT2D eigenvalue weighted by Crippen LogP contribution is -1.97. The van der Waals surface area contributed by atoms with E-state index in [9.17, 15) is 20.2 Å². The molecular formula is C15H11N3O5. The van der Waals surface area contributed by atoms with E-state index in [-0.39, 0.29) is 17.1 Å². The molecule has 0 spiro atoms. The monoisotopic (exact) mass is 313 g/mol. The van der Waals surface area contributed by atoms with Crippen LogP contribution in [0.1, 0.15) is 11.1 Å². The molecule has 2 aromatic carbocycles. The van der Waals surface area contributed by atoms with Crippen LogP contribution in [0.3, 0.4) is 0 Å². The Kier molecular flexibility index (Phi) is 4.78. The highest BCUT2D eigenvalue weighted by atomic mass is 16.6. The number of nitro benzene ring substituents is 2. The molecule has 0 heterocycles. The van der Waals surface area contributed by atoms with Crippen LogP contribution in [-0.2, 0) is 0 Å². The highest BCUT2D eigenvalue weighted by molar-refractivity contribution is 6.10. The summed E-state index contributed by atoms with van der Waals surface area (Å²) in [6.45, 7) is 0. The van der Waals surface area contributed by atoms with Gasteiger partial charge in [0.15, 0.2) is 0 Å². The summed E-state index contributed by atoms with van der Waals surface area (Å²) in [5.74, 6) is 0. The number of allylic oxidation sites excluding steroid dienone is 1. The van der Waals surface area contributed by atoms with Crippen LogP contribution in [-0.4, -0.2) is 20.8 Å². The summed E-state index contributed by atoms with van der Waals surface area (Å²) >= 11 is 0. The quantitative estimate of drug-likeness (QED) is 0.392. The van der Waals surface area contributed by atoms with Crippen molar-refractivity contribution < 1.29 is 15.1 Å². The zero-order chi connectivity index (χ0) is 16.8. The molecule has 0 amide bonds. The van der Waals surface area contributed by atoms with Crippen molar-refractivity contribution in [1.29, 1.82) is 0 Å². The third-order valence-corrected chi connectivity index (χ3v) is 3.02. The minimum atomic E-state index is -0.522. The highest BCUT2D eigenvalue weighted by Crippen LogP contribution is 2.15. The van der Waals surface area contributed by atoms with E-state index in [1.54, 1.807) is 18.2 Å². The summed E-state index contributed by atoms with van der Waals surface area (Å²) in [6.07, 6.45) is 3.11. The molecule has 116 valence electrons. The molecule has 0 aromatic heterocycles. The molecule has 1 N–H and O–H groups in total. The fourth-order valence-corrected chi connectivity index (χ4v) is 1.82. The van der Waals surface area contributed by atoms with Crippen LogP contribution in [0.15, 0.2) is 59.8 Å². The van der Waals surface area contributed by atoms with Gasteiger partial charge in [-0.1, -0.05) is 11.2 Å². The van der Waals surface area contributed by atoms with Gasteiger partial charge >= 0.3 is 0 Å². The number of benzene rings is 2. The molecule has 2 aromatic rings. The summed E-state index contributed by atoms with van der Waals surface area (Å²) in [5, 5.41) is 33.4. The highest BCUT2D eigenvalue weighted by Gasteiger charge is 2.07. The van der Waals surface area contributed by atoms with Crippen LogP contribution in [0, 0.1) is 20.2 Å². The molecule has 0 fully saturated rings. The Morgan fingerprint density at radius 3 is 1.83 bits per heavy atom. The lowest BCUT2D eigenvalue weighted by Gasteiger charge is -1.99. The van der Waals surface area contributed by atoms with Crippen LogP contribution in [0.5, 0.6) is 0 Å². The summed E-state index contributed by atoms with van der Waals surface area (Å²) in [4.78, 5) is 20.2. The standard InChI is InChI=1S/C15H11N3O5/c19-16-15(12-4-8-14(9-5-12)18(22)23)10-3-11-1-6-13(7-2-11)17(20)21/h1-10,19H/b10-3+,16-15+. The van der Waals surface area contributed by atoms with E-state index in [1.165, 1.54) is 42.5 Å². The van der Waals surface area contributed by atoms with Crippen LogP contribution < -0.4 is 0 Å². The van der Waals surface area contributed by atoms with Crippen molar-refractivity contribution in [3.63, 3.8) is 0 Å². The molecular weight excluding hydrogens is 302 g/mol. The Balaban J connectivity index is 2.18. The molecule has 8 heteroatoms. The van der Waals surface area contributed by atoms with Gasteiger partial charge in [0.2, 0.25) is 0 Å². The predicted molar refractivity (Wildman–Crippen MR) is 83.6 cm³/mol. The number of rotatable bonds is 5. The average molecular weight is 313 g/mol. The van der Waals surface area contributed by atoms with Crippen LogP contribution >= 0.6 is 0 Å². The zero-order valence-corrected chi connectivity index (χ0v) is 11.7. The summed E-state index contributed by atoms with van der Waals surface area (Å²) in [6, 6.07) is 11.4. The van der Waals surface area contributed by atoms with Gasteiger partial charge < -0.3 is 5.21 Å². The van der Waals surface area contributed by atoms with Gasteiger partial charge in [-0.15, -0.1) is 0 Å². The molecule has 0 bridgehead atoms. The molecule has 23 heavy (non-hydrogen) atoms. The van der Waals surface area contributed by atoms with Gasteiger partial charge in [0.1, 0.15) is 5.71 Å². The molecule has 0 aliphatic carbocycles. The zero-order valence-electron chi connectivity index (χ0n) is 11.7. The van der Waals surface area contributed by atoms with Crippen LogP contribution in [0.4, 0.5) is 11.4 Å². The second-order valence-corrected chi connectivity index (χ2v) is 4.47. The topological polar surface area (TPSA) is 119 Å². The first-order valence-electron chi connectivity index (χ1n) is 6.40. The van der Waals surface area contributed by atoms with Crippen molar-refractivity contribution >= 4 is 23.2 Å². The first-order chi connectivity index (χ1) is 11.0. The normalized spacial score (nSPS) is 11.6. The maximum atomic E-state index is 10.6. The molecule has 0 atom stereocenters. The first kappa shape index (κ1) is 15.8. The Morgan fingerprint density at radius 2 is 1.39 bits per heavy atom. The van der Waals surface area contributed by atoms with Gasteiger partial charge in [-0.05, 0) is 35.9 Å². The molecule has 0 radical (unpaired) electrons. The number of nitro groups is 2. The fourth-order valence-electron chi connectivity index (χ4n) is 1.82. The minimum absolute atomic E-state index is 0.0198. The number of non-ortho nitro benzene ring substituents is 2. The largest absolute Gasteiger partial charge is 0.410 e. The van der Waals surface area contributed by atoms with E-state index in [0.29, 0.717) is 11.1 Å². The Morgan fingerprint density at radius 1 is 0.913 bits per heavy atom. The maximum absolute atomic E-state index is 10.6. The molecule has 8 nitrogen and oxygen atoms in total. The van der Waals surface area contributed by atoms with E-state index < -0.39 is 9.85 Å².